The van der Waals surface area contributed by atoms with E-state index in [1.165, 1.54) is 12.1 Å². The van der Waals surface area contributed by atoms with Gasteiger partial charge in [0.2, 0.25) is 0 Å². The van der Waals surface area contributed by atoms with E-state index < -0.39 is 10.8 Å². The number of anilines is 1. The van der Waals surface area contributed by atoms with Crippen molar-refractivity contribution in [3.63, 3.8) is 0 Å². The maximum Gasteiger partial charge on any atom is 0.270 e. The van der Waals surface area contributed by atoms with Gasteiger partial charge in [0.1, 0.15) is 13.2 Å². The highest BCUT2D eigenvalue weighted by Crippen LogP contribution is 2.31. The normalized spacial score (nSPS) is 20.0. The topological polar surface area (TPSA) is 123 Å². The Bertz CT molecular complexity index is 972. The van der Waals surface area contributed by atoms with Gasteiger partial charge in [-0.1, -0.05) is 6.07 Å². The maximum absolute atomic E-state index is 12.9. The number of carbonyl (C=O) groups excluding carboxylic acids is 1. The first kappa shape index (κ1) is 20.9. The number of non-ortho nitro benzene ring substituents is 1. The third kappa shape index (κ3) is 5.05. The summed E-state index contributed by atoms with van der Waals surface area (Å²) in [5, 5.41) is 27.1. The first-order valence-electron chi connectivity index (χ1n) is 10.4. The zero-order valence-electron chi connectivity index (χ0n) is 17.0. The van der Waals surface area contributed by atoms with Gasteiger partial charge in [-0.05, 0) is 49.4 Å². The number of benzene rings is 2. The average molecular weight is 427 g/mol. The van der Waals surface area contributed by atoms with Crippen LogP contribution in [0.4, 0.5) is 11.4 Å². The van der Waals surface area contributed by atoms with Crippen LogP contribution in [0.5, 0.6) is 11.5 Å². The predicted molar refractivity (Wildman–Crippen MR) is 114 cm³/mol. The lowest BCUT2D eigenvalue weighted by atomic mass is 9.92. The third-order valence-corrected chi connectivity index (χ3v) is 5.57. The third-order valence-electron chi connectivity index (χ3n) is 5.57. The fourth-order valence-corrected chi connectivity index (χ4v) is 3.87. The molecule has 1 heterocycles. The van der Waals surface area contributed by atoms with E-state index in [0.717, 1.165) is 18.4 Å². The van der Waals surface area contributed by atoms with E-state index in [1.54, 1.807) is 12.1 Å². The molecule has 9 nitrogen and oxygen atoms in total. The van der Waals surface area contributed by atoms with Gasteiger partial charge in [-0.15, -0.1) is 0 Å². The summed E-state index contributed by atoms with van der Waals surface area (Å²) in [4.78, 5) is 23.6. The molecule has 3 N–H and O–H groups in total. The Hall–Kier alpha value is -3.33. The Morgan fingerprint density at radius 3 is 2.55 bits per heavy atom. The van der Waals surface area contributed by atoms with Crippen molar-refractivity contribution in [1.82, 2.24) is 5.32 Å². The predicted octanol–water partition coefficient (Wildman–Crippen LogP) is 3.01. The summed E-state index contributed by atoms with van der Waals surface area (Å²) < 4.78 is 11.1. The summed E-state index contributed by atoms with van der Waals surface area (Å²) in [5.74, 6) is 0.899. The largest absolute Gasteiger partial charge is 0.486 e. The SMILES string of the molecule is O=C(NCc1ccc2c(c1)OCCO2)c1cc([N+](=O)[O-])ccc1N[C@H]1CC[C@H](O)CC1. The molecule has 164 valence electrons. The van der Waals surface area contributed by atoms with Gasteiger partial charge < -0.3 is 25.2 Å². The van der Waals surface area contributed by atoms with Crippen LogP contribution in [-0.2, 0) is 6.54 Å². The first-order chi connectivity index (χ1) is 15.0. The van der Waals surface area contributed by atoms with Crippen molar-refractivity contribution in [1.29, 1.82) is 0 Å². The summed E-state index contributed by atoms with van der Waals surface area (Å²) >= 11 is 0. The van der Waals surface area contributed by atoms with Crippen LogP contribution in [0, 0.1) is 10.1 Å². The van der Waals surface area contributed by atoms with Crippen LogP contribution in [0.3, 0.4) is 0 Å². The molecular formula is C22H25N3O6. The van der Waals surface area contributed by atoms with Gasteiger partial charge in [0.25, 0.3) is 11.6 Å². The van der Waals surface area contributed by atoms with Gasteiger partial charge in [-0.2, -0.15) is 0 Å². The molecule has 1 saturated carbocycles. The number of nitrogens with zero attached hydrogens (tertiary/aromatic N) is 1. The number of hydrogen-bond donors (Lipinski definition) is 3. The van der Waals surface area contributed by atoms with E-state index in [0.29, 0.717) is 43.2 Å². The van der Waals surface area contributed by atoms with E-state index in [4.69, 9.17) is 9.47 Å². The molecule has 0 radical (unpaired) electrons. The van der Waals surface area contributed by atoms with Crippen LogP contribution in [0.25, 0.3) is 0 Å². The lowest BCUT2D eigenvalue weighted by Gasteiger charge is -2.27. The summed E-state index contributed by atoms with van der Waals surface area (Å²) in [5.41, 5.74) is 1.46. The molecule has 1 aliphatic carbocycles. The lowest BCUT2D eigenvalue weighted by Crippen LogP contribution is -2.30. The molecule has 0 atom stereocenters. The van der Waals surface area contributed by atoms with E-state index in [1.807, 2.05) is 12.1 Å². The molecule has 0 bridgehead atoms. The smallest absolute Gasteiger partial charge is 0.270 e. The first-order valence-corrected chi connectivity index (χ1v) is 10.4. The molecule has 4 rings (SSSR count). The molecule has 2 aliphatic rings. The standard InChI is InChI=1S/C22H25N3O6/c26-17-5-2-15(3-6-17)24-19-7-4-16(25(28)29)12-18(19)22(27)23-13-14-1-8-20-21(11-14)31-10-9-30-20/h1,4,7-8,11-12,15,17,24,26H,2-3,5-6,9-10,13H2,(H,23,27)/t15-,17-. The van der Waals surface area contributed by atoms with Crippen LogP contribution in [0.2, 0.25) is 0 Å². The van der Waals surface area contributed by atoms with Crippen LogP contribution in [0.15, 0.2) is 36.4 Å². The minimum absolute atomic E-state index is 0.106. The summed E-state index contributed by atoms with van der Waals surface area (Å²) in [6.45, 7) is 1.22. The van der Waals surface area contributed by atoms with Gasteiger partial charge in [0, 0.05) is 30.4 Å². The number of rotatable bonds is 6. The Labute approximate surface area is 179 Å². The number of nitro benzene ring substituents is 1. The van der Waals surface area contributed by atoms with Gasteiger partial charge in [0.05, 0.1) is 16.6 Å². The molecule has 0 spiro atoms. The fourth-order valence-electron chi connectivity index (χ4n) is 3.87. The number of carbonyl (C=O) groups is 1. The van der Waals surface area contributed by atoms with Crippen LogP contribution < -0.4 is 20.1 Å². The van der Waals surface area contributed by atoms with Crippen molar-refractivity contribution in [3.8, 4) is 11.5 Å². The molecule has 0 aromatic heterocycles. The van der Waals surface area contributed by atoms with E-state index in [2.05, 4.69) is 10.6 Å². The quantitative estimate of drug-likeness (QED) is 0.478. The number of aliphatic hydroxyl groups is 1. The van der Waals surface area contributed by atoms with E-state index in [9.17, 15) is 20.0 Å². The Morgan fingerprint density at radius 2 is 1.81 bits per heavy atom. The Kier molecular flexibility index (Phi) is 6.22. The van der Waals surface area contributed by atoms with Crippen LogP contribution in [-0.4, -0.2) is 41.3 Å². The monoisotopic (exact) mass is 427 g/mol. The van der Waals surface area contributed by atoms with E-state index in [-0.39, 0.29) is 29.9 Å². The second kappa shape index (κ2) is 9.22. The van der Waals surface area contributed by atoms with Crippen molar-refractivity contribution in [2.24, 2.45) is 0 Å². The fraction of sp³-hybridized carbons (Fsp3) is 0.409. The zero-order chi connectivity index (χ0) is 21.8. The number of nitro groups is 1. The second-order valence-electron chi connectivity index (χ2n) is 7.80. The highest BCUT2D eigenvalue weighted by molar-refractivity contribution is 6.00. The highest BCUT2D eigenvalue weighted by Gasteiger charge is 2.23. The molecule has 1 aliphatic heterocycles. The summed E-state index contributed by atoms with van der Waals surface area (Å²) in [6.07, 6.45) is 2.64. The number of hydrogen-bond acceptors (Lipinski definition) is 7. The van der Waals surface area contributed by atoms with E-state index >= 15 is 0 Å². The van der Waals surface area contributed by atoms with Crippen molar-refractivity contribution >= 4 is 17.3 Å². The second-order valence-corrected chi connectivity index (χ2v) is 7.80. The van der Waals surface area contributed by atoms with Gasteiger partial charge in [-0.25, -0.2) is 0 Å². The van der Waals surface area contributed by atoms with Gasteiger partial charge >= 0.3 is 0 Å². The van der Waals surface area contributed by atoms with Crippen molar-refractivity contribution in [2.75, 3.05) is 18.5 Å². The highest BCUT2D eigenvalue weighted by atomic mass is 16.6. The molecule has 0 unspecified atom stereocenters. The van der Waals surface area contributed by atoms with Crippen LogP contribution in [0.1, 0.15) is 41.6 Å². The maximum atomic E-state index is 12.9. The number of nitrogens with one attached hydrogen (secondary N) is 2. The van der Waals surface area contributed by atoms with Crippen molar-refractivity contribution in [3.05, 3.63) is 57.6 Å². The average Bonchev–Trinajstić information content (AvgIpc) is 2.79. The summed E-state index contributed by atoms with van der Waals surface area (Å²) in [7, 11) is 0. The number of fused-ring (bicyclic) bond motifs is 1. The lowest BCUT2D eigenvalue weighted by molar-refractivity contribution is -0.384. The molecule has 2 aromatic carbocycles. The van der Waals surface area contributed by atoms with Crippen molar-refractivity contribution < 1.29 is 24.3 Å². The van der Waals surface area contributed by atoms with Gasteiger partial charge in [0.15, 0.2) is 11.5 Å². The Morgan fingerprint density at radius 1 is 1.06 bits per heavy atom. The summed E-state index contributed by atoms with van der Waals surface area (Å²) in [6, 6.07) is 9.81. The molecule has 31 heavy (non-hydrogen) atoms. The Balaban J connectivity index is 1.48. The molecular weight excluding hydrogens is 402 g/mol. The number of amides is 1. The minimum atomic E-state index is -0.516. The molecule has 1 fully saturated rings. The number of aliphatic hydroxyl groups excluding tert-OH is 1. The van der Waals surface area contributed by atoms with Crippen molar-refractivity contribution in [2.45, 2.75) is 44.4 Å². The molecule has 0 saturated heterocycles. The molecule has 9 heteroatoms. The van der Waals surface area contributed by atoms with Gasteiger partial charge in [-0.3, -0.25) is 14.9 Å². The molecule has 1 amide bonds. The molecule has 2 aromatic rings. The zero-order valence-corrected chi connectivity index (χ0v) is 17.0. The minimum Gasteiger partial charge on any atom is -0.486 e. The number of ether oxygens (including phenoxy) is 2. The van der Waals surface area contributed by atoms with Crippen LogP contribution >= 0.6 is 0 Å².